The molecular formula is C21H25ClN2O2. The third-order valence-corrected chi connectivity index (χ3v) is 5.26. The van der Waals surface area contributed by atoms with Gasteiger partial charge in [-0.05, 0) is 61.2 Å². The van der Waals surface area contributed by atoms with Crippen LogP contribution in [0.4, 0.5) is 0 Å². The standard InChI is InChI=1S/C21H25ClN2O2/c1-26-17-9-7-16(8-10-17)21(18-4-2-3-5-19(18)22)24-20(25)11-6-15-12-13-23-14-15/h2-5,7-10,15,21,23H,6,11-14H2,1H3,(H,24,25). The molecule has 0 saturated carbocycles. The molecule has 1 heterocycles. The Morgan fingerprint density at radius 2 is 2.04 bits per heavy atom. The minimum Gasteiger partial charge on any atom is -0.497 e. The molecule has 2 N–H and O–H groups in total. The molecule has 5 heteroatoms. The summed E-state index contributed by atoms with van der Waals surface area (Å²) < 4.78 is 5.24. The van der Waals surface area contributed by atoms with E-state index in [1.807, 2.05) is 48.5 Å². The Kier molecular flexibility index (Phi) is 6.53. The first-order valence-electron chi connectivity index (χ1n) is 9.06. The molecular weight excluding hydrogens is 348 g/mol. The van der Waals surface area contributed by atoms with E-state index in [1.54, 1.807) is 7.11 Å². The van der Waals surface area contributed by atoms with Crippen LogP contribution in [0.15, 0.2) is 48.5 Å². The van der Waals surface area contributed by atoms with E-state index in [0.717, 1.165) is 42.8 Å². The largest absolute Gasteiger partial charge is 0.497 e. The van der Waals surface area contributed by atoms with Crippen molar-refractivity contribution in [3.8, 4) is 5.75 Å². The average Bonchev–Trinajstić information content (AvgIpc) is 3.19. The van der Waals surface area contributed by atoms with Crippen LogP contribution in [-0.2, 0) is 4.79 Å². The second kappa shape index (κ2) is 9.06. The fraction of sp³-hybridized carbons (Fsp3) is 0.381. The van der Waals surface area contributed by atoms with Crippen molar-refractivity contribution in [1.82, 2.24) is 10.6 Å². The fourth-order valence-electron chi connectivity index (χ4n) is 3.38. The Morgan fingerprint density at radius 3 is 2.69 bits per heavy atom. The van der Waals surface area contributed by atoms with Crippen LogP contribution in [0.2, 0.25) is 5.02 Å². The molecule has 1 saturated heterocycles. The first-order chi connectivity index (χ1) is 12.7. The van der Waals surface area contributed by atoms with Crippen molar-refractivity contribution in [2.24, 2.45) is 5.92 Å². The van der Waals surface area contributed by atoms with E-state index in [-0.39, 0.29) is 11.9 Å². The smallest absolute Gasteiger partial charge is 0.220 e. The average molecular weight is 373 g/mol. The predicted molar refractivity (Wildman–Crippen MR) is 105 cm³/mol. The highest BCUT2D eigenvalue weighted by molar-refractivity contribution is 6.31. The van der Waals surface area contributed by atoms with Crippen LogP contribution in [-0.4, -0.2) is 26.1 Å². The molecule has 0 spiro atoms. The van der Waals surface area contributed by atoms with Crippen molar-refractivity contribution in [2.45, 2.75) is 25.3 Å². The molecule has 1 fully saturated rings. The number of hydrogen-bond acceptors (Lipinski definition) is 3. The number of methoxy groups -OCH3 is 1. The summed E-state index contributed by atoms with van der Waals surface area (Å²) in [5.41, 5.74) is 1.88. The zero-order valence-electron chi connectivity index (χ0n) is 15.0. The van der Waals surface area contributed by atoms with E-state index >= 15 is 0 Å². The molecule has 0 radical (unpaired) electrons. The number of halogens is 1. The Labute approximate surface area is 159 Å². The van der Waals surface area contributed by atoms with Gasteiger partial charge in [0.25, 0.3) is 0 Å². The molecule has 0 bridgehead atoms. The molecule has 1 aliphatic rings. The third kappa shape index (κ3) is 4.77. The number of rotatable bonds is 7. The number of ether oxygens (including phenoxy) is 1. The normalized spacial score (nSPS) is 17.7. The van der Waals surface area contributed by atoms with Gasteiger partial charge >= 0.3 is 0 Å². The summed E-state index contributed by atoms with van der Waals surface area (Å²) in [4.78, 5) is 12.6. The number of amides is 1. The van der Waals surface area contributed by atoms with E-state index in [0.29, 0.717) is 17.4 Å². The van der Waals surface area contributed by atoms with Gasteiger partial charge in [-0.15, -0.1) is 0 Å². The highest BCUT2D eigenvalue weighted by Crippen LogP contribution is 2.29. The number of carbonyl (C=O) groups excluding carboxylic acids is 1. The fourth-order valence-corrected chi connectivity index (χ4v) is 3.62. The van der Waals surface area contributed by atoms with Crippen molar-refractivity contribution >= 4 is 17.5 Å². The van der Waals surface area contributed by atoms with Crippen molar-refractivity contribution < 1.29 is 9.53 Å². The maximum Gasteiger partial charge on any atom is 0.220 e. The maximum atomic E-state index is 12.6. The number of carbonyl (C=O) groups is 1. The Bertz CT molecular complexity index is 727. The SMILES string of the molecule is COc1ccc(C(NC(=O)CCC2CCNC2)c2ccccc2Cl)cc1. The molecule has 1 aliphatic heterocycles. The zero-order chi connectivity index (χ0) is 18.4. The van der Waals surface area contributed by atoms with Gasteiger partial charge in [0.2, 0.25) is 5.91 Å². The van der Waals surface area contributed by atoms with Gasteiger partial charge in [-0.2, -0.15) is 0 Å². The van der Waals surface area contributed by atoms with Crippen LogP contribution in [0, 0.1) is 5.92 Å². The van der Waals surface area contributed by atoms with Crippen LogP contribution in [0.25, 0.3) is 0 Å². The Hall–Kier alpha value is -2.04. The van der Waals surface area contributed by atoms with Gasteiger partial charge in [0.1, 0.15) is 5.75 Å². The van der Waals surface area contributed by atoms with Crippen LogP contribution < -0.4 is 15.4 Å². The maximum absolute atomic E-state index is 12.6. The van der Waals surface area contributed by atoms with Gasteiger partial charge in [0.15, 0.2) is 0 Å². The van der Waals surface area contributed by atoms with Crippen LogP contribution >= 0.6 is 11.6 Å². The molecule has 138 valence electrons. The molecule has 0 aliphatic carbocycles. The summed E-state index contributed by atoms with van der Waals surface area (Å²) in [6.45, 7) is 2.07. The van der Waals surface area contributed by atoms with Crippen molar-refractivity contribution in [3.63, 3.8) is 0 Å². The molecule has 2 aromatic carbocycles. The molecule has 1 amide bonds. The van der Waals surface area contributed by atoms with Gasteiger partial charge in [-0.3, -0.25) is 4.79 Å². The molecule has 2 unspecified atom stereocenters. The highest BCUT2D eigenvalue weighted by atomic mass is 35.5. The Morgan fingerprint density at radius 1 is 1.27 bits per heavy atom. The van der Waals surface area contributed by atoms with E-state index < -0.39 is 0 Å². The molecule has 0 aromatic heterocycles. The minimum atomic E-state index is -0.274. The lowest BCUT2D eigenvalue weighted by Crippen LogP contribution is -2.29. The molecule has 3 rings (SSSR count). The summed E-state index contributed by atoms with van der Waals surface area (Å²) >= 11 is 6.41. The monoisotopic (exact) mass is 372 g/mol. The number of nitrogens with one attached hydrogen (secondary N) is 2. The second-order valence-corrected chi connectivity index (χ2v) is 7.10. The van der Waals surface area contributed by atoms with Gasteiger partial charge in [0.05, 0.1) is 13.2 Å². The summed E-state index contributed by atoms with van der Waals surface area (Å²) in [5, 5.41) is 7.16. The lowest BCUT2D eigenvalue weighted by atomic mass is 9.97. The number of benzene rings is 2. The lowest BCUT2D eigenvalue weighted by molar-refractivity contribution is -0.121. The first kappa shape index (κ1) is 18.7. The second-order valence-electron chi connectivity index (χ2n) is 6.69. The van der Waals surface area contributed by atoms with E-state index in [2.05, 4.69) is 10.6 Å². The molecule has 26 heavy (non-hydrogen) atoms. The van der Waals surface area contributed by atoms with Gasteiger partial charge in [0, 0.05) is 11.4 Å². The molecule has 4 nitrogen and oxygen atoms in total. The van der Waals surface area contributed by atoms with Gasteiger partial charge < -0.3 is 15.4 Å². The van der Waals surface area contributed by atoms with Crippen LogP contribution in [0.5, 0.6) is 5.75 Å². The quantitative estimate of drug-likeness (QED) is 0.773. The summed E-state index contributed by atoms with van der Waals surface area (Å²) in [6, 6.07) is 15.1. The predicted octanol–water partition coefficient (Wildman–Crippen LogP) is 3.94. The van der Waals surface area contributed by atoms with Crippen molar-refractivity contribution in [2.75, 3.05) is 20.2 Å². The van der Waals surface area contributed by atoms with Gasteiger partial charge in [-0.1, -0.05) is 41.9 Å². The Balaban J connectivity index is 1.76. The van der Waals surface area contributed by atoms with Crippen LogP contribution in [0.1, 0.15) is 36.4 Å². The van der Waals surface area contributed by atoms with E-state index in [1.165, 1.54) is 0 Å². The van der Waals surface area contributed by atoms with E-state index in [4.69, 9.17) is 16.3 Å². The molecule has 2 atom stereocenters. The van der Waals surface area contributed by atoms with Crippen molar-refractivity contribution in [3.05, 3.63) is 64.7 Å². The minimum absolute atomic E-state index is 0.0534. The van der Waals surface area contributed by atoms with E-state index in [9.17, 15) is 4.79 Å². The topological polar surface area (TPSA) is 50.4 Å². The number of hydrogen-bond donors (Lipinski definition) is 2. The van der Waals surface area contributed by atoms with Gasteiger partial charge in [-0.25, -0.2) is 0 Å². The lowest BCUT2D eigenvalue weighted by Gasteiger charge is -2.21. The third-order valence-electron chi connectivity index (χ3n) is 4.91. The summed E-state index contributed by atoms with van der Waals surface area (Å²) in [6.07, 6.45) is 2.60. The zero-order valence-corrected chi connectivity index (χ0v) is 15.8. The highest BCUT2D eigenvalue weighted by Gasteiger charge is 2.21. The summed E-state index contributed by atoms with van der Waals surface area (Å²) in [7, 11) is 1.64. The van der Waals surface area contributed by atoms with Crippen LogP contribution in [0.3, 0.4) is 0 Å². The summed E-state index contributed by atoms with van der Waals surface area (Å²) in [5.74, 6) is 1.44. The molecule has 2 aromatic rings. The first-order valence-corrected chi connectivity index (χ1v) is 9.43. The van der Waals surface area contributed by atoms with Crippen molar-refractivity contribution in [1.29, 1.82) is 0 Å².